The fourth-order valence-electron chi connectivity index (χ4n) is 2.18. The summed E-state index contributed by atoms with van der Waals surface area (Å²) < 4.78 is 5.27. The molecule has 2 amide bonds. The molecule has 1 aromatic carbocycles. The van der Waals surface area contributed by atoms with E-state index in [1.54, 1.807) is 24.1 Å². The third-order valence-electron chi connectivity index (χ3n) is 3.42. The molecule has 1 aliphatic rings. The number of carboxylic acid groups (broad SMARTS) is 1. The van der Waals surface area contributed by atoms with Crippen LogP contribution in [0.2, 0.25) is 0 Å². The molecule has 1 saturated heterocycles. The zero-order chi connectivity index (χ0) is 14.5. The number of carbonyl (C=O) groups is 2. The van der Waals surface area contributed by atoms with Gasteiger partial charge in [-0.1, -0.05) is 6.07 Å². The number of urea groups is 1. The van der Waals surface area contributed by atoms with Crippen LogP contribution in [-0.2, 0) is 4.74 Å². The van der Waals surface area contributed by atoms with E-state index in [1.807, 2.05) is 0 Å². The SMILES string of the molecule is CN(C(=O)Nc1cccc(C(=O)O)c1)C1CCOCC1. The fourth-order valence-corrected chi connectivity index (χ4v) is 2.18. The number of carbonyl (C=O) groups excluding carboxylic acids is 1. The van der Waals surface area contributed by atoms with Crippen molar-refractivity contribution in [2.75, 3.05) is 25.6 Å². The Hall–Kier alpha value is -2.08. The van der Waals surface area contributed by atoms with Crippen LogP contribution in [0.5, 0.6) is 0 Å². The summed E-state index contributed by atoms with van der Waals surface area (Å²) in [6, 6.07) is 6.12. The highest BCUT2D eigenvalue weighted by molar-refractivity contribution is 5.93. The Morgan fingerprint density at radius 2 is 2.05 bits per heavy atom. The molecule has 2 N–H and O–H groups in total. The smallest absolute Gasteiger partial charge is 0.335 e. The Morgan fingerprint density at radius 3 is 2.70 bits per heavy atom. The van der Waals surface area contributed by atoms with Gasteiger partial charge < -0.3 is 20.1 Å². The minimum absolute atomic E-state index is 0.150. The molecule has 1 heterocycles. The van der Waals surface area contributed by atoms with Gasteiger partial charge in [-0.2, -0.15) is 0 Å². The predicted octanol–water partition coefficient (Wildman–Crippen LogP) is 2.03. The first-order valence-electron chi connectivity index (χ1n) is 6.53. The first-order valence-corrected chi connectivity index (χ1v) is 6.53. The van der Waals surface area contributed by atoms with Crippen LogP contribution in [-0.4, -0.2) is 48.3 Å². The van der Waals surface area contributed by atoms with Crippen molar-refractivity contribution in [2.45, 2.75) is 18.9 Å². The molecule has 0 spiro atoms. The van der Waals surface area contributed by atoms with Crippen LogP contribution in [0.1, 0.15) is 23.2 Å². The summed E-state index contributed by atoms with van der Waals surface area (Å²) >= 11 is 0. The lowest BCUT2D eigenvalue weighted by Gasteiger charge is -2.31. The van der Waals surface area contributed by atoms with Crippen molar-refractivity contribution < 1.29 is 19.4 Å². The standard InChI is InChI=1S/C14H18N2O4/c1-16(12-5-7-20-8-6-12)14(19)15-11-4-2-3-10(9-11)13(17)18/h2-4,9,12H,5-8H2,1H3,(H,15,19)(H,17,18). The lowest BCUT2D eigenvalue weighted by atomic mass is 10.1. The normalized spacial score (nSPS) is 15.7. The molecule has 0 bridgehead atoms. The van der Waals surface area contributed by atoms with Gasteiger partial charge in [0.1, 0.15) is 0 Å². The third-order valence-corrected chi connectivity index (χ3v) is 3.42. The molecular formula is C14H18N2O4. The van der Waals surface area contributed by atoms with E-state index in [2.05, 4.69) is 5.32 Å². The number of rotatable bonds is 3. The van der Waals surface area contributed by atoms with Crippen molar-refractivity contribution in [3.63, 3.8) is 0 Å². The van der Waals surface area contributed by atoms with Crippen molar-refractivity contribution >= 4 is 17.7 Å². The zero-order valence-corrected chi connectivity index (χ0v) is 11.3. The maximum Gasteiger partial charge on any atom is 0.335 e. The second kappa shape index (κ2) is 6.38. The Morgan fingerprint density at radius 1 is 1.35 bits per heavy atom. The fraction of sp³-hybridized carbons (Fsp3) is 0.429. The quantitative estimate of drug-likeness (QED) is 0.886. The summed E-state index contributed by atoms with van der Waals surface area (Å²) in [5, 5.41) is 11.6. The Labute approximate surface area is 117 Å². The van der Waals surface area contributed by atoms with Crippen LogP contribution in [0, 0.1) is 0 Å². The Bertz CT molecular complexity index is 498. The Kier molecular flexibility index (Phi) is 4.57. The molecule has 1 fully saturated rings. The number of nitrogens with zero attached hydrogens (tertiary/aromatic N) is 1. The highest BCUT2D eigenvalue weighted by Crippen LogP contribution is 2.16. The number of amides is 2. The second-order valence-corrected chi connectivity index (χ2v) is 4.77. The van der Waals surface area contributed by atoms with E-state index in [9.17, 15) is 9.59 Å². The summed E-state index contributed by atoms with van der Waals surface area (Å²) in [5.41, 5.74) is 0.630. The van der Waals surface area contributed by atoms with E-state index in [-0.39, 0.29) is 17.6 Å². The molecule has 0 unspecified atom stereocenters. The van der Waals surface area contributed by atoms with Crippen LogP contribution in [0.25, 0.3) is 0 Å². The summed E-state index contributed by atoms with van der Waals surface area (Å²) in [4.78, 5) is 24.7. The van der Waals surface area contributed by atoms with Crippen molar-refractivity contribution in [1.82, 2.24) is 4.90 Å². The van der Waals surface area contributed by atoms with Gasteiger partial charge in [0.2, 0.25) is 0 Å². The van der Waals surface area contributed by atoms with Crippen LogP contribution in [0.4, 0.5) is 10.5 Å². The maximum atomic E-state index is 12.1. The Balaban J connectivity index is 1.99. The maximum absolute atomic E-state index is 12.1. The van der Waals surface area contributed by atoms with Crippen molar-refractivity contribution in [3.05, 3.63) is 29.8 Å². The van der Waals surface area contributed by atoms with E-state index >= 15 is 0 Å². The van der Waals surface area contributed by atoms with Gasteiger partial charge in [0.05, 0.1) is 5.56 Å². The van der Waals surface area contributed by atoms with Gasteiger partial charge in [0, 0.05) is 32.0 Å². The average molecular weight is 278 g/mol. The van der Waals surface area contributed by atoms with Gasteiger partial charge in [-0.3, -0.25) is 0 Å². The van der Waals surface area contributed by atoms with Gasteiger partial charge in [-0.05, 0) is 31.0 Å². The highest BCUT2D eigenvalue weighted by atomic mass is 16.5. The number of benzene rings is 1. The molecule has 6 heteroatoms. The van der Waals surface area contributed by atoms with Crippen molar-refractivity contribution in [1.29, 1.82) is 0 Å². The first-order chi connectivity index (χ1) is 9.58. The number of hydrogen-bond donors (Lipinski definition) is 2. The number of anilines is 1. The van der Waals surface area contributed by atoms with Crippen LogP contribution in [0.3, 0.4) is 0 Å². The molecule has 1 aromatic rings. The summed E-state index contributed by atoms with van der Waals surface area (Å²) in [6.07, 6.45) is 1.64. The molecule has 0 aromatic heterocycles. The lowest BCUT2D eigenvalue weighted by molar-refractivity contribution is 0.0544. The van der Waals surface area contributed by atoms with E-state index < -0.39 is 5.97 Å². The third kappa shape index (κ3) is 3.48. The molecule has 0 atom stereocenters. The second-order valence-electron chi connectivity index (χ2n) is 4.77. The topological polar surface area (TPSA) is 78.9 Å². The molecule has 108 valence electrons. The monoisotopic (exact) mass is 278 g/mol. The zero-order valence-electron chi connectivity index (χ0n) is 11.3. The minimum Gasteiger partial charge on any atom is -0.478 e. The molecule has 1 aliphatic heterocycles. The average Bonchev–Trinajstić information content (AvgIpc) is 2.47. The molecular weight excluding hydrogens is 260 g/mol. The molecule has 0 aliphatic carbocycles. The van der Waals surface area contributed by atoms with Gasteiger partial charge in [-0.15, -0.1) is 0 Å². The summed E-state index contributed by atoms with van der Waals surface area (Å²) in [7, 11) is 1.74. The molecule has 0 radical (unpaired) electrons. The molecule has 20 heavy (non-hydrogen) atoms. The first kappa shape index (κ1) is 14.3. The number of ether oxygens (including phenoxy) is 1. The summed E-state index contributed by atoms with van der Waals surface area (Å²) in [5.74, 6) is -1.01. The van der Waals surface area contributed by atoms with Crippen molar-refractivity contribution in [2.24, 2.45) is 0 Å². The van der Waals surface area contributed by atoms with E-state index in [1.165, 1.54) is 12.1 Å². The number of hydrogen-bond acceptors (Lipinski definition) is 3. The number of aromatic carboxylic acids is 1. The van der Waals surface area contributed by atoms with E-state index in [4.69, 9.17) is 9.84 Å². The number of nitrogens with one attached hydrogen (secondary N) is 1. The van der Waals surface area contributed by atoms with Crippen molar-refractivity contribution in [3.8, 4) is 0 Å². The van der Waals surface area contributed by atoms with Gasteiger partial charge in [0.15, 0.2) is 0 Å². The predicted molar refractivity (Wildman–Crippen MR) is 74.0 cm³/mol. The highest BCUT2D eigenvalue weighted by Gasteiger charge is 2.22. The van der Waals surface area contributed by atoms with Gasteiger partial charge in [-0.25, -0.2) is 9.59 Å². The van der Waals surface area contributed by atoms with Crippen LogP contribution < -0.4 is 5.32 Å². The largest absolute Gasteiger partial charge is 0.478 e. The minimum atomic E-state index is -1.01. The lowest BCUT2D eigenvalue weighted by Crippen LogP contribution is -2.42. The molecule has 6 nitrogen and oxygen atoms in total. The number of carboxylic acids is 1. The summed E-state index contributed by atoms with van der Waals surface area (Å²) in [6.45, 7) is 1.33. The van der Waals surface area contributed by atoms with Gasteiger partial charge in [0.25, 0.3) is 0 Å². The van der Waals surface area contributed by atoms with E-state index in [0.717, 1.165) is 12.8 Å². The molecule has 0 saturated carbocycles. The molecule has 2 rings (SSSR count). The van der Waals surface area contributed by atoms with Crippen LogP contribution in [0.15, 0.2) is 24.3 Å². The van der Waals surface area contributed by atoms with Gasteiger partial charge >= 0.3 is 12.0 Å². The van der Waals surface area contributed by atoms with E-state index in [0.29, 0.717) is 18.9 Å². The van der Waals surface area contributed by atoms with Crippen LogP contribution >= 0.6 is 0 Å².